The van der Waals surface area contributed by atoms with E-state index in [1.54, 1.807) is 17.5 Å². The number of aromatic nitrogens is 3. The molecule has 0 bridgehead atoms. The second-order valence-electron chi connectivity index (χ2n) is 10.0. The quantitative estimate of drug-likeness (QED) is 0.287. The summed E-state index contributed by atoms with van der Waals surface area (Å²) in [5, 5.41) is 1.17. The van der Waals surface area contributed by atoms with Gasteiger partial charge in [-0.3, -0.25) is 4.99 Å². The van der Waals surface area contributed by atoms with Gasteiger partial charge in [0, 0.05) is 48.1 Å². The molecule has 6 rings (SSSR count). The van der Waals surface area contributed by atoms with Crippen molar-refractivity contribution in [3.05, 3.63) is 77.1 Å². The molecule has 0 radical (unpaired) electrons. The van der Waals surface area contributed by atoms with E-state index in [2.05, 4.69) is 90.7 Å². The van der Waals surface area contributed by atoms with E-state index in [1.165, 1.54) is 33.2 Å². The van der Waals surface area contributed by atoms with Gasteiger partial charge in [0.2, 0.25) is 0 Å². The van der Waals surface area contributed by atoms with E-state index in [0.717, 1.165) is 29.0 Å². The number of hydrogen-bond acceptors (Lipinski definition) is 6. The third-order valence-electron chi connectivity index (χ3n) is 6.13. The van der Waals surface area contributed by atoms with Gasteiger partial charge in [-0.05, 0) is 41.7 Å². The molecule has 3 aromatic heterocycles. The Balaban J connectivity index is 0.000000127. The minimum atomic E-state index is 0.504. The van der Waals surface area contributed by atoms with Crippen molar-refractivity contribution in [2.45, 2.75) is 60.3 Å². The molecular formula is C30H35N5S. The number of aliphatic imine (C=N–C) groups is 2. The summed E-state index contributed by atoms with van der Waals surface area (Å²) in [5.74, 6) is 2.54. The number of fused-ring (bicyclic) bond motifs is 3. The van der Waals surface area contributed by atoms with Crippen LogP contribution in [0, 0.1) is 11.8 Å². The average Bonchev–Trinajstić information content (AvgIpc) is 3.61. The lowest BCUT2D eigenvalue weighted by Crippen LogP contribution is -2.06. The van der Waals surface area contributed by atoms with Crippen molar-refractivity contribution < 1.29 is 0 Å². The third-order valence-corrected chi connectivity index (χ3v) is 7.41. The van der Waals surface area contributed by atoms with Crippen LogP contribution in [0.2, 0.25) is 0 Å². The van der Waals surface area contributed by atoms with Gasteiger partial charge in [0.25, 0.3) is 0 Å². The molecule has 5 nitrogen and oxygen atoms in total. The van der Waals surface area contributed by atoms with Crippen LogP contribution < -0.4 is 0 Å². The SMILES string of the molecule is CC(C)C1=Nc2ccccc2C1.CC(C)C1=Nc2ncccc2C1.CC(C)c1nc2cccnc2s1. The molecule has 6 heteroatoms. The maximum absolute atomic E-state index is 4.57. The number of nitrogens with zero attached hydrogens (tertiary/aromatic N) is 5. The van der Waals surface area contributed by atoms with Gasteiger partial charge in [-0.25, -0.2) is 19.9 Å². The molecule has 5 heterocycles. The summed E-state index contributed by atoms with van der Waals surface area (Å²) in [6, 6.07) is 16.4. The molecule has 0 saturated carbocycles. The Morgan fingerprint density at radius 1 is 0.667 bits per heavy atom. The number of thiazole rings is 1. The lowest BCUT2D eigenvalue weighted by molar-refractivity contribution is 0.857. The summed E-state index contributed by atoms with van der Waals surface area (Å²) in [6.07, 6.45) is 5.64. The van der Waals surface area contributed by atoms with E-state index < -0.39 is 0 Å². The number of para-hydroxylation sites is 1. The van der Waals surface area contributed by atoms with Crippen molar-refractivity contribution in [1.82, 2.24) is 15.0 Å². The number of hydrogen-bond donors (Lipinski definition) is 0. The Bertz CT molecular complexity index is 1280. The Morgan fingerprint density at radius 3 is 1.97 bits per heavy atom. The molecule has 1 aromatic carbocycles. The van der Waals surface area contributed by atoms with Gasteiger partial charge < -0.3 is 0 Å². The molecule has 186 valence electrons. The highest BCUT2D eigenvalue weighted by Crippen LogP contribution is 2.28. The summed E-state index contributed by atoms with van der Waals surface area (Å²) in [4.78, 5) is 23.0. The molecule has 0 fully saturated rings. The molecule has 2 aliphatic rings. The van der Waals surface area contributed by atoms with Crippen molar-refractivity contribution in [2.75, 3.05) is 0 Å². The molecule has 0 amide bonds. The maximum Gasteiger partial charge on any atom is 0.155 e. The zero-order valence-corrected chi connectivity index (χ0v) is 22.9. The van der Waals surface area contributed by atoms with Gasteiger partial charge >= 0.3 is 0 Å². The van der Waals surface area contributed by atoms with Crippen molar-refractivity contribution in [3.63, 3.8) is 0 Å². The van der Waals surface area contributed by atoms with E-state index in [4.69, 9.17) is 0 Å². The zero-order valence-electron chi connectivity index (χ0n) is 22.1. The third kappa shape index (κ3) is 6.30. The predicted octanol–water partition coefficient (Wildman–Crippen LogP) is 8.15. The Labute approximate surface area is 218 Å². The molecule has 4 aromatic rings. The molecule has 0 N–H and O–H groups in total. The van der Waals surface area contributed by atoms with Crippen LogP contribution in [0.25, 0.3) is 10.3 Å². The van der Waals surface area contributed by atoms with E-state index in [9.17, 15) is 0 Å². The van der Waals surface area contributed by atoms with Crippen molar-refractivity contribution >= 4 is 44.6 Å². The van der Waals surface area contributed by atoms with Crippen LogP contribution in [-0.2, 0) is 12.8 Å². The van der Waals surface area contributed by atoms with Gasteiger partial charge in [0.05, 0.1) is 10.7 Å². The minimum Gasteiger partial charge on any atom is -0.257 e. The first-order chi connectivity index (χ1) is 17.3. The van der Waals surface area contributed by atoms with Gasteiger partial charge in [-0.15, -0.1) is 0 Å². The first kappa shape index (κ1) is 25.8. The lowest BCUT2D eigenvalue weighted by atomic mass is 10.0. The Kier molecular flexibility index (Phi) is 8.36. The van der Waals surface area contributed by atoms with Gasteiger partial charge in [-0.2, -0.15) is 0 Å². The molecule has 2 aliphatic heterocycles. The highest BCUT2D eigenvalue weighted by Gasteiger charge is 2.17. The number of pyridine rings is 2. The van der Waals surface area contributed by atoms with Crippen molar-refractivity contribution in [1.29, 1.82) is 0 Å². The van der Waals surface area contributed by atoms with Crippen molar-refractivity contribution in [2.24, 2.45) is 21.8 Å². The molecule has 0 unspecified atom stereocenters. The lowest BCUT2D eigenvalue weighted by Gasteiger charge is -2.01. The van der Waals surface area contributed by atoms with Crippen LogP contribution in [0.1, 0.15) is 63.6 Å². The fourth-order valence-corrected chi connectivity index (χ4v) is 4.81. The average molecular weight is 498 g/mol. The highest BCUT2D eigenvalue weighted by molar-refractivity contribution is 7.18. The standard InChI is InChI=1S/C11H13N.C10H12N2.C9H10N2S/c1-8(2)11-7-9-5-3-4-6-10(9)12-11;1-7(2)9-6-8-4-3-5-11-10(8)12-9;1-6(2)8-11-7-4-3-5-10-9(7)12-8/h3-6,8H,7H2,1-2H3;3-5,7H,6H2,1-2H3;3-6H,1-2H3. The maximum atomic E-state index is 4.57. The fraction of sp³-hybridized carbons (Fsp3) is 0.367. The predicted molar refractivity (Wildman–Crippen MR) is 153 cm³/mol. The summed E-state index contributed by atoms with van der Waals surface area (Å²) in [6.45, 7) is 13.0. The zero-order chi connectivity index (χ0) is 25.7. The van der Waals surface area contributed by atoms with Crippen LogP contribution in [-0.4, -0.2) is 26.4 Å². The molecule has 0 aliphatic carbocycles. The van der Waals surface area contributed by atoms with E-state index in [1.807, 2.05) is 30.5 Å². The summed E-state index contributed by atoms with van der Waals surface area (Å²) >= 11 is 1.68. The Hall–Kier alpha value is -3.25. The topological polar surface area (TPSA) is 63.4 Å². The van der Waals surface area contributed by atoms with Crippen LogP contribution >= 0.6 is 11.3 Å². The second-order valence-corrected chi connectivity index (χ2v) is 11.0. The Morgan fingerprint density at radius 2 is 1.31 bits per heavy atom. The fourth-order valence-electron chi connectivity index (χ4n) is 3.90. The molecule has 0 atom stereocenters. The minimum absolute atomic E-state index is 0.504. The number of benzene rings is 1. The van der Waals surface area contributed by atoms with E-state index in [0.29, 0.717) is 17.8 Å². The largest absolute Gasteiger partial charge is 0.257 e. The number of rotatable bonds is 3. The van der Waals surface area contributed by atoms with Crippen LogP contribution in [0.5, 0.6) is 0 Å². The highest BCUT2D eigenvalue weighted by atomic mass is 32.1. The molecule has 0 spiro atoms. The molecular weight excluding hydrogens is 462 g/mol. The van der Waals surface area contributed by atoms with Gasteiger partial charge in [-0.1, -0.05) is 77.1 Å². The molecule has 36 heavy (non-hydrogen) atoms. The van der Waals surface area contributed by atoms with Gasteiger partial charge in [0.15, 0.2) is 5.82 Å². The van der Waals surface area contributed by atoms with Crippen LogP contribution in [0.4, 0.5) is 11.5 Å². The first-order valence-electron chi connectivity index (χ1n) is 12.7. The summed E-state index contributed by atoms with van der Waals surface area (Å²) < 4.78 is 0. The first-order valence-corrected chi connectivity index (χ1v) is 13.5. The van der Waals surface area contributed by atoms with Crippen LogP contribution in [0.15, 0.2) is 70.9 Å². The summed E-state index contributed by atoms with van der Waals surface area (Å²) in [5.41, 5.74) is 7.40. The van der Waals surface area contributed by atoms with Crippen molar-refractivity contribution in [3.8, 4) is 0 Å². The monoisotopic (exact) mass is 497 g/mol. The normalized spacial score (nSPS) is 13.6. The molecule has 0 saturated heterocycles. The van der Waals surface area contributed by atoms with E-state index in [-0.39, 0.29) is 0 Å². The summed E-state index contributed by atoms with van der Waals surface area (Å²) in [7, 11) is 0. The van der Waals surface area contributed by atoms with Gasteiger partial charge in [0.1, 0.15) is 10.3 Å². The smallest absolute Gasteiger partial charge is 0.155 e. The second kappa shape index (κ2) is 11.7. The van der Waals surface area contributed by atoms with E-state index >= 15 is 0 Å². The van der Waals surface area contributed by atoms with Crippen LogP contribution in [0.3, 0.4) is 0 Å².